The Morgan fingerprint density at radius 3 is 2.64 bits per heavy atom. The van der Waals surface area contributed by atoms with Crippen molar-refractivity contribution in [3.63, 3.8) is 0 Å². The van der Waals surface area contributed by atoms with Crippen molar-refractivity contribution in [1.82, 2.24) is 5.43 Å². The third kappa shape index (κ3) is 4.17. The maximum absolute atomic E-state index is 11.9. The number of nitrogens with zero attached hydrogens (tertiary/aromatic N) is 1. The summed E-state index contributed by atoms with van der Waals surface area (Å²) in [6.07, 6.45) is 0. The Bertz CT molecular complexity index is 865. The van der Waals surface area contributed by atoms with Crippen LogP contribution in [-0.2, 0) is 4.79 Å². The van der Waals surface area contributed by atoms with E-state index in [4.69, 9.17) is 9.15 Å². The molecule has 0 aliphatic carbocycles. The van der Waals surface area contributed by atoms with Gasteiger partial charge in [0.05, 0.1) is 13.7 Å². The Morgan fingerprint density at radius 1 is 1.16 bits per heavy atom. The highest BCUT2D eigenvalue weighted by molar-refractivity contribution is 6.00. The van der Waals surface area contributed by atoms with Crippen LogP contribution in [0.1, 0.15) is 12.7 Å². The maximum atomic E-state index is 11.9. The second-order valence-corrected chi connectivity index (χ2v) is 5.46. The Hall–Kier alpha value is -3.28. The summed E-state index contributed by atoms with van der Waals surface area (Å²) in [7, 11) is 1.61. The Morgan fingerprint density at radius 2 is 1.92 bits per heavy atom. The van der Waals surface area contributed by atoms with Crippen LogP contribution in [-0.4, -0.2) is 25.3 Å². The van der Waals surface area contributed by atoms with Gasteiger partial charge in [-0.05, 0) is 43.3 Å². The minimum atomic E-state index is -0.244. The molecule has 0 aliphatic heterocycles. The summed E-state index contributed by atoms with van der Waals surface area (Å²) in [6, 6.07) is 16.9. The second kappa shape index (κ2) is 7.53. The van der Waals surface area contributed by atoms with Gasteiger partial charge in [0, 0.05) is 11.1 Å². The third-order valence-electron chi connectivity index (χ3n) is 3.67. The van der Waals surface area contributed by atoms with E-state index in [2.05, 4.69) is 15.8 Å². The molecule has 6 nitrogen and oxygen atoms in total. The lowest BCUT2D eigenvalue weighted by molar-refractivity contribution is -0.119. The zero-order chi connectivity index (χ0) is 17.6. The number of amides is 1. The Kier molecular flexibility index (Phi) is 4.99. The monoisotopic (exact) mass is 337 g/mol. The van der Waals surface area contributed by atoms with Crippen molar-refractivity contribution in [3.05, 3.63) is 60.4 Å². The molecule has 0 atom stereocenters. The first-order chi connectivity index (χ1) is 12.2. The van der Waals surface area contributed by atoms with Crippen LogP contribution in [0.4, 0.5) is 5.69 Å². The lowest BCUT2D eigenvalue weighted by atomic mass is 10.2. The first kappa shape index (κ1) is 16.6. The van der Waals surface area contributed by atoms with Gasteiger partial charge in [0.1, 0.15) is 17.0 Å². The summed E-state index contributed by atoms with van der Waals surface area (Å²) in [6.45, 7) is 1.90. The van der Waals surface area contributed by atoms with Crippen LogP contribution >= 0.6 is 0 Å². The number of nitrogens with one attached hydrogen (secondary N) is 2. The average molecular weight is 337 g/mol. The smallest absolute Gasteiger partial charge is 0.259 e. The molecule has 3 rings (SSSR count). The number of anilines is 1. The third-order valence-corrected chi connectivity index (χ3v) is 3.67. The predicted molar refractivity (Wildman–Crippen MR) is 98.1 cm³/mol. The molecule has 25 heavy (non-hydrogen) atoms. The van der Waals surface area contributed by atoms with Gasteiger partial charge in [-0.25, -0.2) is 5.43 Å². The standard InChI is InChI=1S/C19H19N3O3/c1-13(18-11-14-5-3-4-6-17(14)25-18)21-22-19(23)12-20-15-7-9-16(24-2)10-8-15/h3-11,20H,12H2,1-2H3,(H,22,23)/b21-13-. The first-order valence-corrected chi connectivity index (χ1v) is 7.86. The molecule has 1 heterocycles. The van der Waals surface area contributed by atoms with Gasteiger partial charge < -0.3 is 14.5 Å². The Balaban J connectivity index is 1.55. The number of hydrogen-bond donors (Lipinski definition) is 2. The first-order valence-electron chi connectivity index (χ1n) is 7.86. The number of benzene rings is 2. The molecular formula is C19H19N3O3. The van der Waals surface area contributed by atoms with Crippen LogP contribution in [0.3, 0.4) is 0 Å². The van der Waals surface area contributed by atoms with Gasteiger partial charge in [0.2, 0.25) is 0 Å². The van der Waals surface area contributed by atoms with E-state index < -0.39 is 0 Å². The van der Waals surface area contributed by atoms with Crippen LogP contribution in [0.2, 0.25) is 0 Å². The number of fused-ring (bicyclic) bond motifs is 1. The van der Waals surface area contributed by atoms with Crippen molar-refractivity contribution in [2.45, 2.75) is 6.92 Å². The number of carbonyl (C=O) groups excluding carboxylic acids is 1. The molecule has 0 saturated heterocycles. The Labute approximate surface area is 145 Å². The number of methoxy groups -OCH3 is 1. The van der Waals surface area contributed by atoms with Crippen molar-refractivity contribution < 1.29 is 13.9 Å². The van der Waals surface area contributed by atoms with Gasteiger partial charge in [-0.1, -0.05) is 18.2 Å². The molecule has 128 valence electrons. The fraction of sp³-hybridized carbons (Fsp3) is 0.158. The normalized spacial score (nSPS) is 11.4. The number of furan rings is 1. The highest BCUT2D eigenvalue weighted by atomic mass is 16.5. The van der Waals surface area contributed by atoms with Gasteiger partial charge >= 0.3 is 0 Å². The number of carbonyl (C=O) groups is 1. The van der Waals surface area contributed by atoms with Crippen molar-refractivity contribution in [3.8, 4) is 5.75 Å². The second-order valence-electron chi connectivity index (χ2n) is 5.46. The molecule has 1 aromatic heterocycles. The van der Waals surface area contributed by atoms with Crippen LogP contribution in [0.15, 0.2) is 64.1 Å². The van der Waals surface area contributed by atoms with E-state index in [9.17, 15) is 4.79 Å². The summed E-state index contributed by atoms with van der Waals surface area (Å²) in [5, 5.41) is 8.11. The molecular weight excluding hydrogens is 318 g/mol. The highest BCUT2D eigenvalue weighted by Crippen LogP contribution is 2.19. The van der Waals surface area contributed by atoms with Crippen molar-refractivity contribution in [1.29, 1.82) is 0 Å². The minimum Gasteiger partial charge on any atom is -0.497 e. The lowest BCUT2D eigenvalue weighted by Crippen LogP contribution is -2.26. The minimum absolute atomic E-state index is 0.114. The van der Waals surface area contributed by atoms with Gasteiger partial charge in [-0.3, -0.25) is 4.79 Å². The zero-order valence-electron chi connectivity index (χ0n) is 14.1. The number of hydrogen-bond acceptors (Lipinski definition) is 5. The summed E-state index contributed by atoms with van der Waals surface area (Å²) in [5.74, 6) is 1.15. The molecule has 2 aromatic carbocycles. The summed E-state index contributed by atoms with van der Waals surface area (Å²) < 4.78 is 10.8. The van der Waals surface area contributed by atoms with Crippen LogP contribution in [0.25, 0.3) is 11.0 Å². The predicted octanol–water partition coefficient (Wildman–Crippen LogP) is 3.39. The highest BCUT2D eigenvalue weighted by Gasteiger charge is 2.07. The van der Waals surface area contributed by atoms with Crippen LogP contribution in [0, 0.1) is 0 Å². The number of hydrazone groups is 1. The summed E-state index contributed by atoms with van der Waals surface area (Å²) >= 11 is 0. The van der Waals surface area contributed by atoms with E-state index in [0.717, 1.165) is 22.4 Å². The summed E-state index contributed by atoms with van der Waals surface area (Å²) in [4.78, 5) is 11.9. The van der Waals surface area contributed by atoms with E-state index >= 15 is 0 Å². The van der Waals surface area contributed by atoms with Gasteiger partial charge in [-0.2, -0.15) is 5.10 Å². The van der Waals surface area contributed by atoms with E-state index in [-0.39, 0.29) is 12.5 Å². The van der Waals surface area contributed by atoms with Gasteiger partial charge in [0.15, 0.2) is 5.76 Å². The van der Waals surface area contributed by atoms with Crippen LogP contribution < -0.4 is 15.5 Å². The SMILES string of the molecule is COc1ccc(NCC(=O)N/N=C(/C)c2cc3ccccc3o2)cc1. The summed E-state index contributed by atoms with van der Waals surface area (Å²) in [5.41, 5.74) is 4.74. The number of ether oxygens (including phenoxy) is 1. The maximum Gasteiger partial charge on any atom is 0.259 e. The average Bonchev–Trinajstić information content (AvgIpc) is 3.09. The molecule has 0 aliphatic rings. The largest absolute Gasteiger partial charge is 0.497 e. The van der Waals surface area contributed by atoms with Gasteiger partial charge in [0.25, 0.3) is 5.91 Å². The number of para-hydroxylation sites is 1. The van der Waals surface area contributed by atoms with E-state index in [1.165, 1.54) is 0 Å². The molecule has 0 bridgehead atoms. The molecule has 1 amide bonds. The topological polar surface area (TPSA) is 75.9 Å². The van der Waals surface area contributed by atoms with Gasteiger partial charge in [-0.15, -0.1) is 0 Å². The molecule has 0 unspecified atom stereocenters. The van der Waals surface area contributed by atoms with E-state index in [1.54, 1.807) is 14.0 Å². The molecule has 0 radical (unpaired) electrons. The van der Waals surface area contributed by atoms with Crippen molar-refractivity contribution in [2.75, 3.05) is 19.0 Å². The molecule has 3 aromatic rings. The molecule has 6 heteroatoms. The quantitative estimate of drug-likeness (QED) is 0.534. The molecule has 0 fully saturated rings. The van der Waals surface area contributed by atoms with Crippen LogP contribution in [0.5, 0.6) is 5.75 Å². The van der Waals surface area contributed by atoms with Crippen molar-refractivity contribution >= 4 is 28.3 Å². The van der Waals surface area contributed by atoms with E-state index in [0.29, 0.717) is 11.5 Å². The zero-order valence-corrected chi connectivity index (χ0v) is 14.1. The molecule has 2 N–H and O–H groups in total. The van der Waals surface area contributed by atoms with Crippen molar-refractivity contribution in [2.24, 2.45) is 5.10 Å². The fourth-order valence-corrected chi connectivity index (χ4v) is 2.29. The number of rotatable bonds is 6. The fourth-order valence-electron chi connectivity index (χ4n) is 2.29. The molecule has 0 saturated carbocycles. The lowest BCUT2D eigenvalue weighted by Gasteiger charge is -2.06. The van der Waals surface area contributed by atoms with E-state index in [1.807, 2.05) is 54.6 Å². The molecule has 0 spiro atoms.